The van der Waals surface area contributed by atoms with E-state index in [2.05, 4.69) is 9.72 Å². The summed E-state index contributed by atoms with van der Waals surface area (Å²) in [6.45, 7) is 0. The van der Waals surface area contributed by atoms with Gasteiger partial charge in [-0.25, -0.2) is 14.6 Å². The van der Waals surface area contributed by atoms with E-state index < -0.39 is 11.9 Å². The number of ether oxygens (including phenoxy) is 1. The van der Waals surface area contributed by atoms with Crippen LogP contribution in [0.3, 0.4) is 0 Å². The third-order valence-electron chi connectivity index (χ3n) is 1.40. The number of carboxylic acid groups (broad SMARTS) is 1. The molecule has 0 saturated heterocycles. The number of methoxy groups -OCH3 is 1. The van der Waals surface area contributed by atoms with Crippen LogP contribution in [0.2, 0.25) is 0 Å². The van der Waals surface area contributed by atoms with Gasteiger partial charge in [0, 0.05) is 6.20 Å². The average Bonchev–Trinajstić information content (AvgIpc) is 2.17. The number of pyridine rings is 1. The summed E-state index contributed by atoms with van der Waals surface area (Å²) in [6.07, 6.45) is 1.16. The average molecular weight is 218 g/mol. The predicted octanol–water partition coefficient (Wildman–Crippen LogP) is 0.988. The second-order valence-corrected chi connectivity index (χ2v) is 2.23. The largest absolute Gasteiger partial charge is 0.477 e. The SMILES string of the molecule is COC(=O)c1ccc(C(=O)O)nc1.Cl. The molecule has 0 aromatic carbocycles. The van der Waals surface area contributed by atoms with Crippen LogP contribution >= 0.6 is 12.4 Å². The summed E-state index contributed by atoms with van der Waals surface area (Å²) >= 11 is 0. The number of aromatic carboxylic acids is 1. The fraction of sp³-hybridized carbons (Fsp3) is 0.125. The van der Waals surface area contributed by atoms with Crippen LogP contribution in [0, 0.1) is 0 Å². The minimum Gasteiger partial charge on any atom is -0.477 e. The highest BCUT2D eigenvalue weighted by Gasteiger charge is 2.08. The van der Waals surface area contributed by atoms with Crippen molar-refractivity contribution in [1.82, 2.24) is 4.98 Å². The van der Waals surface area contributed by atoms with E-state index in [1.165, 1.54) is 19.2 Å². The van der Waals surface area contributed by atoms with Gasteiger partial charge in [0.15, 0.2) is 0 Å². The van der Waals surface area contributed by atoms with Crippen LogP contribution in [0.15, 0.2) is 18.3 Å². The number of aromatic nitrogens is 1. The normalized spacial score (nSPS) is 8.64. The third kappa shape index (κ3) is 2.70. The van der Waals surface area contributed by atoms with Crippen molar-refractivity contribution in [2.75, 3.05) is 7.11 Å². The molecule has 6 heteroatoms. The van der Waals surface area contributed by atoms with Crippen LogP contribution < -0.4 is 0 Å². The highest BCUT2D eigenvalue weighted by atomic mass is 35.5. The predicted molar refractivity (Wildman–Crippen MR) is 49.8 cm³/mol. The molecule has 1 N–H and O–H groups in total. The Morgan fingerprint density at radius 2 is 2.07 bits per heavy atom. The Morgan fingerprint density at radius 3 is 2.43 bits per heavy atom. The van der Waals surface area contributed by atoms with Crippen molar-refractivity contribution >= 4 is 24.3 Å². The lowest BCUT2D eigenvalue weighted by Gasteiger charge is -1.97. The molecule has 0 spiro atoms. The van der Waals surface area contributed by atoms with Crippen molar-refractivity contribution in [3.63, 3.8) is 0 Å². The summed E-state index contributed by atoms with van der Waals surface area (Å²) in [7, 11) is 1.24. The number of rotatable bonds is 2. The molecule has 1 rings (SSSR count). The van der Waals surface area contributed by atoms with Gasteiger partial charge in [0.05, 0.1) is 12.7 Å². The number of halogens is 1. The molecule has 0 amide bonds. The first-order valence-electron chi connectivity index (χ1n) is 3.43. The highest BCUT2D eigenvalue weighted by molar-refractivity contribution is 5.90. The van der Waals surface area contributed by atoms with Crippen LogP contribution in [0.5, 0.6) is 0 Å². The van der Waals surface area contributed by atoms with Gasteiger partial charge in [-0.05, 0) is 12.1 Å². The number of carboxylic acids is 1. The van der Waals surface area contributed by atoms with E-state index in [9.17, 15) is 9.59 Å². The Kier molecular flexibility index (Phi) is 4.58. The minimum atomic E-state index is -1.13. The lowest BCUT2D eigenvalue weighted by molar-refractivity contribution is 0.0597. The van der Waals surface area contributed by atoms with Crippen molar-refractivity contribution in [2.45, 2.75) is 0 Å². The first kappa shape index (κ1) is 12.4. The van der Waals surface area contributed by atoms with Crippen molar-refractivity contribution in [1.29, 1.82) is 0 Å². The van der Waals surface area contributed by atoms with E-state index in [0.717, 1.165) is 6.20 Å². The van der Waals surface area contributed by atoms with Crippen molar-refractivity contribution in [3.05, 3.63) is 29.6 Å². The van der Waals surface area contributed by atoms with E-state index in [1.54, 1.807) is 0 Å². The Bertz CT molecular complexity index is 336. The molecule has 76 valence electrons. The molecule has 0 radical (unpaired) electrons. The third-order valence-corrected chi connectivity index (χ3v) is 1.40. The van der Waals surface area contributed by atoms with E-state index in [4.69, 9.17) is 5.11 Å². The summed E-state index contributed by atoms with van der Waals surface area (Å²) in [5.74, 6) is -1.67. The minimum absolute atomic E-state index is 0. The standard InChI is InChI=1S/C8H7NO4.ClH/c1-13-8(12)5-2-3-6(7(10)11)9-4-5;/h2-4H,1H3,(H,10,11);1H. The fourth-order valence-corrected chi connectivity index (χ4v) is 0.759. The molecule has 1 aromatic heterocycles. The van der Waals surface area contributed by atoms with E-state index in [1.807, 2.05) is 0 Å². The highest BCUT2D eigenvalue weighted by Crippen LogP contribution is 2.01. The zero-order valence-electron chi connectivity index (χ0n) is 7.26. The molecule has 0 fully saturated rings. The van der Waals surface area contributed by atoms with Crippen LogP contribution in [-0.4, -0.2) is 29.1 Å². The van der Waals surface area contributed by atoms with Crippen LogP contribution in [0.1, 0.15) is 20.8 Å². The van der Waals surface area contributed by atoms with E-state index in [0.29, 0.717) is 0 Å². The van der Waals surface area contributed by atoms with Gasteiger partial charge < -0.3 is 9.84 Å². The van der Waals surface area contributed by atoms with Gasteiger partial charge in [-0.3, -0.25) is 0 Å². The first-order valence-corrected chi connectivity index (χ1v) is 3.43. The summed E-state index contributed by atoms with van der Waals surface area (Å²) in [6, 6.07) is 2.59. The van der Waals surface area contributed by atoms with Crippen molar-refractivity contribution in [2.24, 2.45) is 0 Å². The molecule has 0 unspecified atom stereocenters. The molecule has 0 aliphatic heterocycles. The van der Waals surface area contributed by atoms with E-state index >= 15 is 0 Å². The van der Waals surface area contributed by atoms with Gasteiger partial charge in [-0.15, -0.1) is 12.4 Å². The number of esters is 1. The van der Waals surface area contributed by atoms with Gasteiger partial charge >= 0.3 is 11.9 Å². The molecule has 0 bridgehead atoms. The lowest BCUT2D eigenvalue weighted by atomic mass is 10.2. The Hall–Kier alpha value is -1.62. The molecule has 1 aromatic rings. The summed E-state index contributed by atoms with van der Waals surface area (Å²) in [4.78, 5) is 24.8. The number of hydrogen-bond donors (Lipinski definition) is 1. The Labute approximate surface area is 86.1 Å². The van der Waals surface area contributed by atoms with Gasteiger partial charge in [0.2, 0.25) is 0 Å². The molecule has 14 heavy (non-hydrogen) atoms. The van der Waals surface area contributed by atoms with Gasteiger partial charge in [0.1, 0.15) is 5.69 Å². The second-order valence-electron chi connectivity index (χ2n) is 2.23. The molecule has 0 saturated carbocycles. The summed E-state index contributed by atoms with van der Waals surface area (Å²) in [5.41, 5.74) is 0.125. The van der Waals surface area contributed by atoms with Crippen molar-refractivity contribution < 1.29 is 19.4 Å². The van der Waals surface area contributed by atoms with Gasteiger partial charge in [0.25, 0.3) is 0 Å². The monoisotopic (exact) mass is 217 g/mol. The Balaban J connectivity index is 0.00000169. The molecule has 0 aliphatic rings. The number of nitrogens with zero attached hydrogens (tertiary/aromatic N) is 1. The molecule has 0 atom stereocenters. The molecule has 1 heterocycles. The zero-order chi connectivity index (χ0) is 9.84. The van der Waals surface area contributed by atoms with E-state index in [-0.39, 0.29) is 23.7 Å². The van der Waals surface area contributed by atoms with Crippen LogP contribution in [0.25, 0.3) is 0 Å². The topological polar surface area (TPSA) is 76.5 Å². The molecule has 5 nitrogen and oxygen atoms in total. The first-order chi connectivity index (χ1) is 6.15. The maximum absolute atomic E-state index is 10.9. The summed E-state index contributed by atoms with van der Waals surface area (Å²) < 4.78 is 4.41. The number of hydrogen-bond acceptors (Lipinski definition) is 4. The maximum Gasteiger partial charge on any atom is 0.354 e. The van der Waals surface area contributed by atoms with Crippen LogP contribution in [-0.2, 0) is 4.74 Å². The molecular weight excluding hydrogens is 210 g/mol. The lowest BCUT2D eigenvalue weighted by Crippen LogP contribution is -2.05. The molecule has 0 aliphatic carbocycles. The van der Waals surface area contributed by atoms with Crippen molar-refractivity contribution in [3.8, 4) is 0 Å². The zero-order valence-corrected chi connectivity index (χ0v) is 8.08. The van der Waals surface area contributed by atoms with Gasteiger partial charge in [-0.1, -0.05) is 0 Å². The smallest absolute Gasteiger partial charge is 0.354 e. The number of carbonyl (C=O) groups excluding carboxylic acids is 1. The van der Waals surface area contributed by atoms with Gasteiger partial charge in [-0.2, -0.15) is 0 Å². The van der Waals surface area contributed by atoms with Crippen LogP contribution in [0.4, 0.5) is 0 Å². The Morgan fingerprint density at radius 1 is 1.43 bits per heavy atom. The second kappa shape index (κ2) is 5.18. The molecular formula is C8H8ClNO4. The summed E-state index contributed by atoms with van der Waals surface area (Å²) in [5, 5.41) is 8.49. The fourth-order valence-electron chi connectivity index (χ4n) is 0.759. The maximum atomic E-state index is 10.9. The quantitative estimate of drug-likeness (QED) is 0.748. The number of carbonyl (C=O) groups is 2.